The maximum Gasteiger partial charge on any atom is 0.257 e. The number of amides is 1. The largest absolute Gasteiger partial charge is 0.380 e. The molecule has 0 aliphatic carbocycles. The molecular weight excluding hydrogens is 359 g/mol. The Balaban J connectivity index is 1.70. The zero-order chi connectivity index (χ0) is 17.6. The lowest BCUT2D eigenvalue weighted by atomic mass is 10.2. The lowest BCUT2D eigenvalue weighted by Gasteiger charge is -2.10. The van der Waals surface area contributed by atoms with Gasteiger partial charge in [-0.3, -0.25) is 14.8 Å². The molecular formula is C18H14Cl2N4O. The number of hydrogen-bond acceptors (Lipinski definition) is 4. The Bertz CT molecular complexity index is 887. The summed E-state index contributed by atoms with van der Waals surface area (Å²) in [6.45, 7) is 0.607. The number of anilines is 2. The molecule has 0 saturated heterocycles. The van der Waals surface area contributed by atoms with Crippen molar-refractivity contribution in [2.24, 2.45) is 0 Å². The predicted molar refractivity (Wildman–Crippen MR) is 100 cm³/mol. The Morgan fingerprint density at radius 1 is 1.00 bits per heavy atom. The van der Waals surface area contributed by atoms with E-state index in [0.29, 0.717) is 27.8 Å². The summed E-state index contributed by atoms with van der Waals surface area (Å²) in [6, 6.07) is 10.4. The molecule has 3 rings (SSSR count). The van der Waals surface area contributed by atoms with Gasteiger partial charge >= 0.3 is 0 Å². The van der Waals surface area contributed by atoms with E-state index in [1.807, 2.05) is 12.1 Å². The molecule has 0 spiro atoms. The van der Waals surface area contributed by atoms with Crippen LogP contribution in [0, 0.1) is 0 Å². The lowest BCUT2D eigenvalue weighted by molar-refractivity contribution is 0.102. The molecule has 0 unspecified atom stereocenters. The van der Waals surface area contributed by atoms with Gasteiger partial charge in [-0.05, 0) is 42.0 Å². The van der Waals surface area contributed by atoms with Gasteiger partial charge in [0, 0.05) is 36.4 Å². The van der Waals surface area contributed by atoms with Crippen molar-refractivity contribution in [2.45, 2.75) is 6.54 Å². The zero-order valence-electron chi connectivity index (χ0n) is 13.0. The molecule has 0 radical (unpaired) electrons. The maximum absolute atomic E-state index is 12.4. The fraction of sp³-hybridized carbons (Fsp3) is 0.0556. The van der Waals surface area contributed by atoms with Gasteiger partial charge in [0.05, 0.1) is 22.0 Å². The number of rotatable bonds is 5. The standard InChI is InChI=1S/C18H14Cl2N4O/c19-14-1-2-16(20)17(8-14)24-18(25)13-7-15(11-22-10-13)23-9-12-3-5-21-6-4-12/h1-8,10-11,23H,9H2,(H,24,25). The predicted octanol–water partition coefficient (Wildman–Crippen LogP) is 4.65. The van der Waals surface area contributed by atoms with Crippen LogP contribution < -0.4 is 10.6 Å². The van der Waals surface area contributed by atoms with Crippen LogP contribution >= 0.6 is 23.2 Å². The van der Waals surface area contributed by atoms with E-state index in [-0.39, 0.29) is 5.91 Å². The van der Waals surface area contributed by atoms with Gasteiger partial charge in [-0.1, -0.05) is 23.2 Å². The molecule has 2 heterocycles. The Kier molecular flexibility index (Phi) is 5.48. The summed E-state index contributed by atoms with van der Waals surface area (Å²) in [5, 5.41) is 6.87. The van der Waals surface area contributed by atoms with Crippen molar-refractivity contribution >= 4 is 40.5 Å². The van der Waals surface area contributed by atoms with Crippen molar-refractivity contribution in [3.8, 4) is 0 Å². The number of nitrogens with one attached hydrogen (secondary N) is 2. The van der Waals surface area contributed by atoms with Gasteiger partial charge in [0.2, 0.25) is 0 Å². The highest BCUT2D eigenvalue weighted by molar-refractivity contribution is 6.35. The van der Waals surface area contributed by atoms with Gasteiger partial charge in [0.1, 0.15) is 0 Å². The average molecular weight is 373 g/mol. The Labute approximate surface area is 155 Å². The normalized spacial score (nSPS) is 10.3. The second-order valence-corrected chi connectivity index (χ2v) is 6.09. The van der Waals surface area contributed by atoms with Gasteiger partial charge in [-0.2, -0.15) is 0 Å². The van der Waals surface area contributed by atoms with E-state index in [1.54, 1.807) is 42.9 Å². The van der Waals surface area contributed by atoms with E-state index < -0.39 is 0 Å². The number of carbonyl (C=O) groups is 1. The molecule has 126 valence electrons. The minimum atomic E-state index is -0.316. The van der Waals surface area contributed by atoms with Crippen LogP contribution in [0.1, 0.15) is 15.9 Å². The first-order chi connectivity index (χ1) is 12.1. The molecule has 5 nitrogen and oxygen atoms in total. The highest BCUT2D eigenvalue weighted by Gasteiger charge is 2.10. The van der Waals surface area contributed by atoms with E-state index in [9.17, 15) is 4.79 Å². The SMILES string of the molecule is O=C(Nc1cc(Cl)ccc1Cl)c1cncc(NCc2ccncc2)c1. The Morgan fingerprint density at radius 3 is 2.60 bits per heavy atom. The first-order valence-corrected chi connectivity index (χ1v) is 8.21. The van der Waals surface area contributed by atoms with E-state index in [4.69, 9.17) is 23.2 Å². The minimum absolute atomic E-state index is 0.316. The quantitative estimate of drug-likeness (QED) is 0.683. The van der Waals surface area contributed by atoms with Gasteiger partial charge in [-0.25, -0.2) is 0 Å². The molecule has 7 heteroatoms. The second-order valence-electron chi connectivity index (χ2n) is 5.25. The molecule has 25 heavy (non-hydrogen) atoms. The van der Waals surface area contributed by atoms with Gasteiger partial charge < -0.3 is 10.6 Å². The summed E-state index contributed by atoms with van der Waals surface area (Å²) in [5.74, 6) is -0.316. The van der Waals surface area contributed by atoms with E-state index in [1.165, 1.54) is 6.20 Å². The molecule has 0 atom stereocenters. The number of aromatic nitrogens is 2. The first kappa shape index (κ1) is 17.2. The summed E-state index contributed by atoms with van der Waals surface area (Å²) in [6.07, 6.45) is 6.61. The number of pyridine rings is 2. The molecule has 0 bridgehead atoms. The molecule has 2 N–H and O–H groups in total. The molecule has 3 aromatic rings. The summed E-state index contributed by atoms with van der Waals surface area (Å²) >= 11 is 12.0. The van der Waals surface area contributed by atoms with Crippen LogP contribution in [-0.2, 0) is 6.54 Å². The van der Waals surface area contributed by atoms with E-state index >= 15 is 0 Å². The number of hydrogen-bond donors (Lipinski definition) is 2. The zero-order valence-corrected chi connectivity index (χ0v) is 14.6. The van der Waals surface area contributed by atoms with E-state index in [2.05, 4.69) is 20.6 Å². The molecule has 1 amide bonds. The Hall–Kier alpha value is -2.63. The fourth-order valence-corrected chi connectivity index (χ4v) is 2.49. The fourth-order valence-electron chi connectivity index (χ4n) is 2.15. The van der Waals surface area contributed by atoms with Crippen molar-refractivity contribution in [2.75, 3.05) is 10.6 Å². The van der Waals surface area contributed by atoms with Crippen LogP contribution in [0.3, 0.4) is 0 Å². The van der Waals surface area contributed by atoms with Crippen LogP contribution in [-0.4, -0.2) is 15.9 Å². The molecule has 0 aliphatic heterocycles. The third-order valence-electron chi connectivity index (χ3n) is 3.42. The highest BCUT2D eigenvalue weighted by atomic mass is 35.5. The van der Waals surface area contributed by atoms with Crippen molar-refractivity contribution < 1.29 is 4.79 Å². The Morgan fingerprint density at radius 2 is 1.80 bits per heavy atom. The van der Waals surface area contributed by atoms with Gasteiger partial charge in [0.15, 0.2) is 0 Å². The van der Waals surface area contributed by atoms with Crippen LogP contribution in [0.25, 0.3) is 0 Å². The van der Waals surface area contributed by atoms with Gasteiger partial charge in [0.25, 0.3) is 5.91 Å². The monoisotopic (exact) mass is 372 g/mol. The average Bonchev–Trinajstić information content (AvgIpc) is 2.64. The van der Waals surface area contributed by atoms with Crippen LogP contribution in [0.5, 0.6) is 0 Å². The van der Waals surface area contributed by atoms with Gasteiger partial charge in [-0.15, -0.1) is 0 Å². The summed E-state index contributed by atoms with van der Waals surface area (Å²) < 4.78 is 0. The highest BCUT2D eigenvalue weighted by Crippen LogP contribution is 2.26. The number of benzene rings is 1. The molecule has 2 aromatic heterocycles. The van der Waals surface area contributed by atoms with Crippen molar-refractivity contribution in [3.05, 3.63) is 82.4 Å². The molecule has 0 aliphatic rings. The van der Waals surface area contributed by atoms with Crippen molar-refractivity contribution in [1.29, 1.82) is 0 Å². The smallest absolute Gasteiger partial charge is 0.257 e. The summed E-state index contributed by atoms with van der Waals surface area (Å²) in [5.41, 5.74) is 2.68. The molecule has 0 fully saturated rings. The molecule has 0 saturated carbocycles. The number of carbonyl (C=O) groups excluding carboxylic acids is 1. The van der Waals surface area contributed by atoms with Crippen LogP contribution in [0.15, 0.2) is 61.2 Å². The molecule has 1 aromatic carbocycles. The third-order valence-corrected chi connectivity index (χ3v) is 3.99. The lowest BCUT2D eigenvalue weighted by Crippen LogP contribution is -2.13. The number of halogens is 2. The minimum Gasteiger partial charge on any atom is -0.380 e. The second kappa shape index (κ2) is 7.96. The topological polar surface area (TPSA) is 66.9 Å². The maximum atomic E-state index is 12.4. The summed E-state index contributed by atoms with van der Waals surface area (Å²) in [7, 11) is 0. The third kappa shape index (κ3) is 4.68. The summed E-state index contributed by atoms with van der Waals surface area (Å²) in [4.78, 5) is 20.5. The van der Waals surface area contributed by atoms with Crippen molar-refractivity contribution in [3.63, 3.8) is 0 Å². The van der Waals surface area contributed by atoms with Crippen LogP contribution in [0.4, 0.5) is 11.4 Å². The van der Waals surface area contributed by atoms with Crippen molar-refractivity contribution in [1.82, 2.24) is 9.97 Å². The van der Waals surface area contributed by atoms with E-state index in [0.717, 1.165) is 11.3 Å². The first-order valence-electron chi connectivity index (χ1n) is 7.46. The van der Waals surface area contributed by atoms with Crippen LogP contribution in [0.2, 0.25) is 10.0 Å². The number of nitrogens with zero attached hydrogens (tertiary/aromatic N) is 2.